The Morgan fingerprint density at radius 3 is 1.13 bits per heavy atom. The first-order chi connectivity index (χ1) is 30.4. The molecule has 7 aromatic carbocycles. The quantitative estimate of drug-likeness (QED) is 0.130. The molecule has 2 aromatic heterocycles. The van der Waals surface area contributed by atoms with Gasteiger partial charge in [0.25, 0.3) is 0 Å². The highest BCUT2D eigenvalue weighted by atomic mass is 15.2. The van der Waals surface area contributed by atoms with Crippen molar-refractivity contribution in [3.05, 3.63) is 185 Å². The zero-order valence-electron chi connectivity index (χ0n) is 38.5. The zero-order valence-corrected chi connectivity index (χ0v) is 38.5. The van der Waals surface area contributed by atoms with Crippen LogP contribution in [0.2, 0.25) is 0 Å². The number of rotatable bonds is 11. The van der Waals surface area contributed by atoms with Gasteiger partial charge < -0.3 is 4.90 Å². The summed E-state index contributed by atoms with van der Waals surface area (Å²) in [4.78, 5) is 13.3. The minimum atomic E-state index is 0.328. The van der Waals surface area contributed by atoms with E-state index in [1.54, 1.807) is 0 Å². The lowest BCUT2D eigenvalue weighted by atomic mass is 9.92. The molecule has 0 aliphatic heterocycles. The normalized spacial score (nSPS) is 11.9. The fourth-order valence-electron chi connectivity index (χ4n) is 9.50. The number of fused-ring (bicyclic) bond motifs is 2. The topological polar surface area (TPSA) is 38.9 Å². The molecule has 0 aliphatic carbocycles. The third-order valence-corrected chi connectivity index (χ3v) is 12.4. The first-order valence-electron chi connectivity index (χ1n) is 22.7. The van der Waals surface area contributed by atoms with E-state index in [0.717, 1.165) is 73.0 Å². The third-order valence-electron chi connectivity index (χ3n) is 12.4. The molecule has 0 amide bonds. The summed E-state index contributed by atoms with van der Waals surface area (Å²) >= 11 is 0. The van der Waals surface area contributed by atoms with Gasteiger partial charge >= 0.3 is 0 Å². The molecule has 0 aliphatic rings. The zero-order chi connectivity index (χ0) is 44.1. The molecule has 0 saturated heterocycles. The smallest absolute Gasteiger partial charge is 0.145 e. The lowest BCUT2D eigenvalue weighted by Gasteiger charge is -2.28. The average molecular weight is 826 g/mol. The monoisotopic (exact) mass is 825 g/mol. The maximum atomic E-state index is 5.45. The summed E-state index contributed by atoms with van der Waals surface area (Å²) in [7, 11) is 0. The fourth-order valence-corrected chi connectivity index (χ4v) is 9.50. The van der Waals surface area contributed by atoms with Crippen LogP contribution in [0.5, 0.6) is 0 Å². The molecule has 63 heavy (non-hydrogen) atoms. The summed E-state index contributed by atoms with van der Waals surface area (Å²) in [6.07, 6.45) is 0. The summed E-state index contributed by atoms with van der Waals surface area (Å²) in [5.74, 6) is 3.19. The van der Waals surface area contributed by atoms with Gasteiger partial charge in [0.1, 0.15) is 11.6 Å². The summed E-state index contributed by atoms with van der Waals surface area (Å²) in [6, 6.07) is 55.3. The largest absolute Gasteiger partial charge is 0.310 e. The maximum absolute atomic E-state index is 5.45. The van der Waals surface area contributed by atoms with Gasteiger partial charge in [0.05, 0.1) is 33.4 Å². The van der Waals surface area contributed by atoms with Crippen LogP contribution in [0.15, 0.2) is 152 Å². The molecule has 0 unspecified atom stereocenters. The Hall–Kier alpha value is -6.72. The molecule has 0 spiro atoms. The first-order valence-corrected chi connectivity index (χ1v) is 22.7. The van der Waals surface area contributed by atoms with E-state index in [1.165, 1.54) is 33.6 Å². The lowest BCUT2D eigenvalue weighted by molar-refractivity contribution is 0.810. The van der Waals surface area contributed by atoms with Crippen LogP contribution < -0.4 is 4.90 Å². The molecule has 9 aromatic rings. The van der Waals surface area contributed by atoms with Gasteiger partial charge in [0, 0.05) is 28.2 Å². The summed E-state index contributed by atoms with van der Waals surface area (Å²) in [6.45, 7) is 22.8. The number of aromatic nitrogens is 4. The second kappa shape index (κ2) is 16.9. The standard InChI is InChI=1S/C58H59N5/c1-36(2)47-22-18-23-48(37(3)4)55(47)62-53-28-16-14-26-51(53)59-57(62)42-30-40(9)32-45(34-42)61(44-20-12-11-13-21-44)46-33-41(10)31-43(35-46)58-60-52-27-15-17-29-54(52)63(58)56-49(38(5)6)24-19-25-50(56)39(7)8/h11-39H,1-10H3. The first kappa shape index (κ1) is 41.6. The van der Waals surface area contributed by atoms with Gasteiger partial charge in [0.2, 0.25) is 0 Å². The average Bonchev–Trinajstić information content (AvgIpc) is 3.85. The molecular formula is C58H59N5. The Kier molecular flexibility index (Phi) is 11.1. The van der Waals surface area contributed by atoms with Crippen molar-refractivity contribution in [1.29, 1.82) is 0 Å². The Balaban J connectivity index is 1.28. The van der Waals surface area contributed by atoms with E-state index in [1.807, 2.05) is 0 Å². The highest BCUT2D eigenvalue weighted by Crippen LogP contribution is 2.43. The van der Waals surface area contributed by atoms with E-state index in [2.05, 4.69) is 235 Å². The highest BCUT2D eigenvalue weighted by Gasteiger charge is 2.26. The Labute approximate surface area is 373 Å². The Morgan fingerprint density at radius 1 is 0.381 bits per heavy atom. The van der Waals surface area contributed by atoms with E-state index in [0.29, 0.717) is 23.7 Å². The molecular weight excluding hydrogens is 767 g/mol. The Morgan fingerprint density at radius 2 is 0.746 bits per heavy atom. The summed E-state index contributed by atoms with van der Waals surface area (Å²) in [5, 5.41) is 0. The van der Waals surface area contributed by atoms with Crippen molar-refractivity contribution in [1.82, 2.24) is 19.1 Å². The highest BCUT2D eigenvalue weighted by molar-refractivity contribution is 5.89. The minimum Gasteiger partial charge on any atom is -0.310 e. The van der Waals surface area contributed by atoms with Gasteiger partial charge in [0.15, 0.2) is 0 Å². The molecule has 9 rings (SSSR count). The fraction of sp³-hybridized carbons (Fsp3) is 0.241. The van der Waals surface area contributed by atoms with E-state index in [4.69, 9.17) is 9.97 Å². The molecule has 0 saturated carbocycles. The number of imidazole rings is 2. The molecule has 0 atom stereocenters. The van der Waals surface area contributed by atoms with Gasteiger partial charge in [-0.25, -0.2) is 9.97 Å². The predicted octanol–water partition coefficient (Wildman–Crippen LogP) is 16.3. The molecule has 0 bridgehead atoms. The van der Waals surface area contributed by atoms with Crippen molar-refractivity contribution < 1.29 is 0 Å². The van der Waals surface area contributed by atoms with Gasteiger partial charge in [-0.2, -0.15) is 0 Å². The van der Waals surface area contributed by atoms with Crippen molar-refractivity contribution in [3.63, 3.8) is 0 Å². The summed E-state index contributed by atoms with van der Waals surface area (Å²) in [5.41, 5.74) is 19.6. The van der Waals surface area contributed by atoms with Crippen molar-refractivity contribution >= 4 is 39.1 Å². The minimum absolute atomic E-state index is 0.328. The maximum Gasteiger partial charge on any atom is 0.145 e. The molecule has 2 heterocycles. The van der Waals surface area contributed by atoms with Crippen LogP contribution >= 0.6 is 0 Å². The van der Waals surface area contributed by atoms with Crippen LogP contribution in [-0.2, 0) is 0 Å². The second-order valence-electron chi connectivity index (χ2n) is 18.5. The van der Waals surface area contributed by atoms with Crippen molar-refractivity contribution in [2.45, 2.75) is 92.9 Å². The lowest BCUT2D eigenvalue weighted by Crippen LogP contribution is -2.12. The number of anilines is 3. The number of aryl methyl sites for hydroxylation is 2. The molecule has 5 heteroatoms. The van der Waals surface area contributed by atoms with E-state index in [9.17, 15) is 0 Å². The SMILES string of the molecule is Cc1cc(-c2nc3ccccc3n2-c2c(C(C)C)cccc2C(C)C)cc(N(c2ccccc2)c2cc(C)cc(-c3nc4ccccc4n3-c3c(C(C)C)cccc3C(C)C)c2)c1. The van der Waals surface area contributed by atoms with Crippen LogP contribution in [0, 0.1) is 13.8 Å². The van der Waals surface area contributed by atoms with Gasteiger partial charge in [-0.05, 0) is 144 Å². The van der Waals surface area contributed by atoms with E-state index in [-0.39, 0.29) is 0 Å². The Bertz CT molecular complexity index is 2860. The predicted molar refractivity (Wildman–Crippen MR) is 267 cm³/mol. The molecule has 316 valence electrons. The van der Waals surface area contributed by atoms with Crippen LogP contribution in [-0.4, -0.2) is 19.1 Å². The van der Waals surface area contributed by atoms with Gasteiger partial charge in [-0.3, -0.25) is 9.13 Å². The number of hydrogen-bond donors (Lipinski definition) is 0. The number of nitrogens with zero attached hydrogens (tertiary/aromatic N) is 5. The van der Waals surface area contributed by atoms with Gasteiger partial charge in [-0.15, -0.1) is 0 Å². The van der Waals surface area contributed by atoms with Crippen LogP contribution in [0.3, 0.4) is 0 Å². The molecule has 0 fully saturated rings. The van der Waals surface area contributed by atoms with Crippen LogP contribution in [0.1, 0.15) is 112 Å². The van der Waals surface area contributed by atoms with Crippen molar-refractivity contribution in [2.75, 3.05) is 4.90 Å². The second-order valence-corrected chi connectivity index (χ2v) is 18.5. The third kappa shape index (κ3) is 7.64. The number of para-hydroxylation sites is 7. The van der Waals surface area contributed by atoms with E-state index >= 15 is 0 Å². The molecule has 5 nitrogen and oxygen atoms in total. The molecule has 0 N–H and O–H groups in total. The van der Waals surface area contributed by atoms with Crippen molar-refractivity contribution in [3.8, 4) is 34.2 Å². The van der Waals surface area contributed by atoms with Crippen LogP contribution in [0.25, 0.3) is 56.2 Å². The van der Waals surface area contributed by atoms with Gasteiger partial charge in [-0.1, -0.05) is 134 Å². The molecule has 0 radical (unpaired) electrons. The number of hydrogen-bond acceptors (Lipinski definition) is 3. The van der Waals surface area contributed by atoms with Crippen molar-refractivity contribution in [2.24, 2.45) is 0 Å². The number of benzene rings is 7. The van der Waals surface area contributed by atoms with Crippen LogP contribution in [0.4, 0.5) is 17.1 Å². The van der Waals surface area contributed by atoms with E-state index < -0.39 is 0 Å². The summed E-state index contributed by atoms with van der Waals surface area (Å²) < 4.78 is 4.86.